The quantitative estimate of drug-likeness (QED) is 0.615. The highest BCUT2D eigenvalue weighted by atomic mass is 32.2. The summed E-state index contributed by atoms with van der Waals surface area (Å²) in [5, 5.41) is 12.7. The minimum Gasteiger partial charge on any atom is -0.297 e. The van der Waals surface area contributed by atoms with Crippen LogP contribution in [0.1, 0.15) is 38.4 Å². The molecule has 0 spiro atoms. The summed E-state index contributed by atoms with van der Waals surface area (Å²) in [5.74, 6) is 1.85. The smallest absolute Gasteiger partial charge is 0.170 e. The Morgan fingerprint density at radius 3 is 2.94 bits per heavy atom. The van der Waals surface area contributed by atoms with Crippen LogP contribution < -0.4 is 5.32 Å². The van der Waals surface area contributed by atoms with Gasteiger partial charge in [0, 0.05) is 11.8 Å². The van der Waals surface area contributed by atoms with Gasteiger partial charge >= 0.3 is 0 Å². The summed E-state index contributed by atoms with van der Waals surface area (Å²) in [5.41, 5.74) is -0.362. The molecule has 1 aromatic rings. The predicted octanol–water partition coefficient (Wildman–Crippen LogP) is 2.75. The number of nitriles is 1. The number of thioether (sulfide) groups is 1. The normalized spacial score (nSPS) is 18.3. The molecule has 1 aromatic heterocycles. The van der Waals surface area contributed by atoms with Crippen LogP contribution in [0.3, 0.4) is 0 Å². The van der Waals surface area contributed by atoms with Crippen molar-refractivity contribution in [2.24, 2.45) is 0 Å². The Bertz CT molecular complexity index is 436. The van der Waals surface area contributed by atoms with Crippen molar-refractivity contribution in [2.45, 2.75) is 55.5 Å². The second-order valence-electron chi connectivity index (χ2n) is 4.92. The molecule has 1 unspecified atom stereocenters. The molecule has 0 bridgehead atoms. The Balaban J connectivity index is 1.68. The van der Waals surface area contributed by atoms with Gasteiger partial charge in [0.15, 0.2) is 4.34 Å². The zero-order valence-corrected chi connectivity index (χ0v) is 12.4. The number of hydrogen-bond acceptors (Lipinski definition) is 6. The molecule has 1 aliphatic rings. The van der Waals surface area contributed by atoms with E-state index in [0.29, 0.717) is 6.04 Å². The molecule has 0 aliphatic heterocycles. The van der Waals surface area contributed by atoms with Gasteiger partial charge in [0.25, 0.3) is 0 Å². The first-order chi connectivity index (χ1) is 8.61. The van der Waals surface area contributed by atoms with Crippen LogP contribution in [0.15, 0.2) is 4.34 Å². The summed E-state index contributed by atoms with van der Waals surface area (Å²) >= 11 is 3.19. The summed E-state index contributed by atoms with van der Waals surface area (Å²) in [6.45, 7) is 3.91. The molecule has 0 amide bonds. The third-order valence-corrected chi connectivity index (χ3v) is 4.91. The average molecular weight is 282 g/mol. The highest BCUT2D eigenvalue weighted by Crippen LogP contribution is 2.26. The molecule has 1 aliphatic carbocycles. The van der Waals surface area contributed by atoms with Crippen LogP contribution in [0, 0.1) is 18.3 Å². The second-order valence-corrected chi connectivity index (χ2v) is 7.02. The van der Waals surface area contributed by atoms with Gasteiger partial charge in [-0.05, 0) is 51.1 Å². The zero-order chi connectivity index (χ0) is 13.0. The van der Waals surface area contributed by atoms with Gasteiger partial charge < -0.3 is 0 Å². The fourth-order valence-electron chi connectivity index (χ4n) is 1.76. The molecule has 1 heterocycles. The van der Waals surface area contributed by atoms with Gasteiger partial charge in [-0.2, -0.15) is 9.64 Å². The van der Waals surface area contributed by atoms with Gasteiger partial charge in [0.05, 0.1) is 6.07 Å². The van der Waals surface area contributed by atoms with E-state index in [1.807, 2.05) is 13.8 Å². The molecule has 18 heavy (non-hydrogen) atoms. The zero-order valence-electron chi connectivity index (χ0n) is 10.8. The largest absolute Gasteiger partial charge is 0.297 e. The Kier molecular flexibility index (Phi) is 4.60. The second kappa shape index (κ2) is 6.00. The van der Waals surface area contributed by atoms with Crippen LogP contribution in [0.2, 0.25) is 0 Å². The fraction of sp³-hybridized carbons (Fsp3) is 0.750. The number of aromatic nitrogens is 2. The van der Waals surface area contributed by atoms with Crippen molar-refractivity contribution < 1.29 is 0 Å². The van der Waals surface area contributed by atoms with Gasteiger partial charge in [0.1, 0.15) is 11.4 Å². The van der Waals surface area contributed by atoms with Crippen LogP contribution in [-0.4, -0.2) is 26.7 Å². The first kappa shape index (κ1) is 13.8. The van der Waals surface area contributed by atoms with E-state index in [0.717, 1.165) is 28.8 Å². The molecule has 98 valence electrons. The Hall–Kier alpha value is -0.640. The number of hydrogen-bond donors (Lipinski definition) is 1. The maximum Gasteiger partial charge on any atom is 0.170 e. The molecular weight excluding hydrogens is 264 g/mol. The van der Waals surface area contributed by atoms with Crippen LogP contribution in [-0.2, 0) is 0 Å². The highest BCUT2D eigenvalue weighted by Gasteiger charge is 2.31. The van der Waals surface area contributed by atoms with Gasteiger partial charge in [-0.1, -0.05) is 11.8 Å². The number of aryl methyl sites for hydroxylation is 1. The first-order valence-electron chi connectivity index (χ1n) is 6.23. The van der Waals surface area contributed by atoms with E-state index in [9.17, 15) is 5.26 Å². The first-order valence-corrected chi connectivity index (χ1v) is 7.99. The minimum atomic E-state index is -0.362. The lowest BCUT2D eigenvalue weighted by atomic mass is 9.98. The lowest BCUT2D eigenvalue weighted by molar-refractivity contribution is 0.412. The van der Waals surface area contributed by atoms with Crippen LogP contribution in [0.4, 0.5) is 0 Å². The standard InChI is InChI=1S/C12H18N4S2/c1-9-14-11(18-16-9)17-7-3-6-12(2,8-13)15-10-4-5-10/h10,15H,3-7H2,1-2H3. The van der Waals surface area contributed by atoms with Gasteiger partial charge in [0.2, 0.25) is 0 Å². The molecule has 0 aromatic carbocycles. The van der Waals surface area contributed by atoms with Crippen molar-refractivity contribution in [2.75, 3.05) is 5.75 Å². The van der Waals surface area contributed by atoms with Crippen molar-refractivity contribution in [3.63, 3.8) is 0 Å². The predicted molar refractivity (Wildman–Crippen MR) is 74.8 cm³/mol. The van der Waals surface area contributed by atoms with Crippen molar-refractivity contribution in [3.05, 3.63) is 5.82 Å². The maximum absolute atomic E-state index is 9.24. The molecule has 0 radical (unpaired) electrons. The minimum absolute atomic E-state index is 0.362. The van der Waals surface area contributed by atoms with Gasteiger partial charge in [-0.3, -0.25) is 5.32 Å². The third kappa shape index (κ3) is 4.23. The van der Waals surface area contributed by atoms with Crippen molar-refractivity contribution in [1.82, 2.24) is 14.7 Å². The molecule has 1 saturated carbocycles. The Morgan fingerprint density at radius 1 is 1.61 bits per heavy atom. The number of nitrogens with one attached hydrogen (secondary N) is 1. The molecule has 2 rings (SSSR count). The summed E-state index contributed by atoms with van der Waals surface area (Å²) in [7, 11) is 0. The van der Waals surface area contributed by atoms with Crippen LogP contribution in [0.5, 0.6) is 0 Å². The summed E-state index contributed by atoms with van der Waals surface area (Å²) in [6, 6.07) is 2.98. The third-order valence-electron chi connectivity index (χ3n) is 2.90. The number of rotatable bonds is 7. The van der Waals surface area contributed by atoms with E-state index in [1.165, 1.54) is 24.4 Å². The molecule has 6 heteroatoms. The van der Waals surface area contributed by atoms with E-state index < -0.39 is 0 Å². The SMILES string of the molecule is Cc1nsc(SCCCC(C)(C#N)NC2CC2)n1. The van der Waals surface area contributed by atoms with E-state index in [4.69, 9.17) is 0 Å². The maximum atomic E-state index is 9.24. The lowest BCUT2D eigenvalue weighted by Gasteiger charge is -2.22. The number of nitrogens with zero attached hydrogens (tertiary/aromatic N) is 3. The summed E-state index contributed by atoms with van der Waals surface area (Å²) in [4.78, 5) is 4.31. The Morgan fingerprint density at radius 2 is 2.39 bits per heavy atom. The topological polar surface area (TPSA) is 61.6 Å². The van der Waals surface area contributed by atoms with E-state index in [2.05, 4.69) is 20.7 Å². The monoisotopic (exact) mass is 282 g/mol. The fourth-order valence-corrected chi connectivity index (χ4v) is 3.42. The molecule has 4 nitrogen and oxygen atoms in total. The molecule has 0 saturated heterocycles. The van der Waals surface area contributed by atoms with Gasteiger partial charge in [-0.15, -0.1) is 0 Å². The highest BCUT2D eigenvalue weighted by molar-refractivity contribution is 8.00. The molecule has 1 N–H and O–H groups in total. The van der Waals surface area contributed by atoms with E-state index in [1.54, 1.807) is 11.8 Å². The molecular formula is C12H18N4S2. The Labute approximate surface area is 116 Å². The lowest BCUT2D eigenvalue weighted by Crippen LogP contribution is -2.42. The van der Waals surface area contributed by atoms with E-state index in [-0.39, 0.29) is 5.54 Å². The van der Waals surface area contributed by atoms with Crippen molar-refractivity contribution >= 4 is 23.3 Å². The van der Waals surface area contributed by atoms with Gasteiger partial charge in [-0.25, -0.2) is 4.98 Å². The summed E-state index contributed by atoms with van der Waals surface area (Å²) in [6.07, 6.45) is 4.35. The molecule has 1 fully saturated rings. The van der Waals surface area contributed by atoms with Crippen LogP contribution >= 0.6 is 23.3 Å². The summed E-state index contributed by atoms with van der Waals surface area (Å²) < 4.78 is 5.18. The van der Waals surface area contributed by atoms with Crippen molar-refractivity contribution in [1.29, 1.82) is 5.26 Å². The van der Waals surface area contributed by atoms with Crippen molar-refractivity contribution in [3.8, 4) is 6.07 Å². The van der Waals surface area contributed by atoms with E-state index >= 15 is 0 Å². The van der Waals surface area contributed by atoms with Crippen LogP contribution in [0.25, 0.3) is 0 Å². The average Bonchev–Trinajstić information content (AvgIpc) is 3.06. The molecule has 1 atom stereocenters.